The molecule has 0 aliphatic rings. The Hall–Kier alpha value is -0.910. The van der Waals surface area contributed by atoms with E-state index < -0.39 is 9.84 Å². The quantitative estimate of drug-likeness (QED) is 0.758. The molecule has 0 amide bonds. The van der Waals surface area contributed by atoms with Crippen LogP contribution in [0.5, 0.6) is 0 Å². The van der Waals surface area contributed by atoms with Crippen LogP contribution in [0.3, 0.4) is 0 Å². The molecule has 0 heterocycles. The molecule has 1 N–H and O–H groups in total. The fourth-order valence-electron chi connectivity index (χ4n) is 2.63. The second-order valence-electron chi connectivity index (χ2n) is 5.53. The molecule has 0 aliphatic heterocycles. The number of nitrogens with one attached hydrogen (secondary N) is 1. The Morgan fingerprint density at radius 1 is 1.19 bits per heavy atom. The number of benzene rings is 1. The lowest BCUT2D eigenvalue weighted by Crippen LogP contribution is -2.44. The summed E-state index contributed by atoms with van der Waals surface area (Å²) in [7, 11) is -0.919. The van der Waals surface area contributed by atoms with Crippen LogP contribution in [0, 0.1) is 0 Å². The van der Waals surface area contributed by atoms with Gasteiger partial charge in [-0.2, -0.15) is 0 Å². The van der Waals surface area contributed by atoms with Gasteiger partial charge in [-0.1, -0.05) is 44.2 Å². The molecule has 120 valence electrons. The van der Waals surface area contributed by atoms with Crippen LogP contribution in [0.25, 0.3) is 0 Å². The maximum absolute atomic E-state index is 11.4. The Morgan fingerprint density at radius 2 is 1.81 bits per heavy atom. The summed E-state index contributed by atoms with van der Waals surface area (Å²) in [5, 5.41) is 3.54. The van der Waals surface area contributed by atoms with E-state index in [2.05, 4.69) is 36.2 Å². The normalized spacial score (nSPS) is 15.1. The van der Waals surface area contributed by atoms with Crippen molar-refractivity contribution in [1.82, 2.24) is 10.2 Å². The van der Waals surface area contributed by atoms with Crippen molar-refractivity contribution in [3.05, 3.63) is 35.9 Å². The molecule has 0 aromatic heterocycles. The monoisotopic (exact) mass is 312 g/mol. The van der Waals surface area contributed by atoms with Crippen molar-refractivity contribution in [2.24, 2.45) is 0 Å². The van der Waals surface area contributed by atoms with E-state index in [9.17, 15) is 8.42 Å². The van der Waals surface area contributed by atoms with E-state index in [-0.39, 0.29) is 17.8 Å². The predicted molar refractivity (Wildman–Crippen MR) is 89.3 cm³/mol. The summed E-state index contributed by atoms with van der Waals surface area (Å²) in [6, 6.07) is 10.8. The van der Waals surface area contributed by atoms with E-state index in [0.29, 0.717) is 6.54 Å². The van der Waals surface area contributed by atoms with Gasteiger partial charge in [0.15, 0.2) is 0 Å². The Balaban J connectivity index is 2.87. The van der Waals surface area contributed by atoms with Crippen LogP contribution in [0.15, 0.2) is 30.3 Å². The summed E-state index contributed by atoms with van der Waals surface area (Å²) in [6.07, 6.45) is 2.26. The fourth-order valence-corrected chi connectivity index (χ4v) is 3.25. The van der Waals surface area contributed by atoms with Gasteiger partial charge in [0, 0.05) is 24.9 Å². The zero-order valence-electron chi connectivity index (χ0n) is 13.5. The van der Waals surface area contributed by atoms with Crippen molar-refractivity contribution in [2.75, 3.05) is 32.1 Å². The van der Waals surface area contributed by atoms with E-state index in [1.165, 1.54) is 11.8 Å². The van der Waals surface area contributed by atoms with Gasteiger partial charge >= 0.3 is 0 Å². The third-order valence-electron chi connectivity index (χ3n) is 3.77. The molecule has 0 saturated carbocycles. The molecule has 2 unspecified atom stereocenters. The minimum Gasteiger partial charge on any atom is -0.309 e. The minimum absolute atomic E-state index is 0.202. The molecule has 1 rings (SSSR count). The molecule has 1 aromatic rings. The highest BCUT2D eigenvalue weighted by molar-refractivity contribution is 7.90. The maximum atomic E-state index is 11.4. The number of rotatable bonds is 9. The summed E-state index contributed by atoms with van der Waals surface area (Å²) >= 11 is 0. The van der Waals surface area contributed by atoms with E-state index in [4.69, 9.17) is 0 Å². The molecular weight excluding hydrogens is 284 g/mol. The van der Waals surface area contributed by atoms with Crippen molar-refractivity contribution in [1.29, 1.82) is 0 Å². The fraction of sp³-hybridized carbons (Fsp3) is 0.625. The molecule has 0 aliphatic carbocycles. The van der Waals surface area contributed by atoms with Gasteiger partial charge in [0.1, 0.15) is 9.84 Å². The largest absolute Gasteiger partial charge is 0.309 e. The Morgan fingerprint density at radius 3 is 2.29 bits per heavy atom. The molecule has 0 saturated heterocycles. The van der Waals surface area contributed by atoms with Crippen molar-refractivity contribution in [2.45, 2.75) is 32.4 Å². The molecule has 2 atom stereocenters. The van der Waals surface area contributed by atoms with Gasteiger partial charge in [-0.05, 0) is 25.6 Å². The van der Waals surface area contributed by atoms with Crippen molar-refractivity contribution in [3.8, 4) is 0 Å². The van der Waals surface area contributed by atoms with Gasteiger partial charge in [-0.3, -0.25) is 0 Å². The lowest BCUT2D eigenvalue weighted by Gasteiger charge is -2.35. The lowest BCUT2D eigenvalue weighted by atomic mass is 9.96. The first-order valence-electron chi connectivity index (χ1n) is 7.55. The van der Waals surface area contributed by atoms with E-state index in [1.807, 2.05) is 25.2 Å². The second kappa shape index (κ2) is 8.51. The molecule has 21 heavy (non-hydrogen) atoms. The van der Waals surface area contributed by atoms with Crippen LogP contribution >= 0.6 is 0 Å². The topological polar surface area (TPSA) is 49.4 Å². The van der Waals surface area contributed by atoms with Gasteiger partial charge in [-0.15, -0.1) is 0 Å². The van der Waals surface area contributed by atoms with Crippen molar-refractivity contribution < 1.29 is 8.42 Å². The highest BCUT2D eigenvalue weighted by atomic mass is 32.2. The van der Waals surface area contributed by atoms with Crippen LogP contribution < -0.4 is 5.32 Å². The summed E-state index contributed by atoms with van der Waals surface area (Å²) in [5.74, 6) is 0.202. The van der Waals surface area contributed by atoms with Crippen LogP contribution in [-0.2, 0) is 9.84 Å². The van der Waals surface area contributed by atoms with Crippen LogP contribution in [0.4, 0.5) is 0 Å². The van der Waals surface area contributed by atoms with E-state index >= 15 is 0 Å². The lowest BCUT2D eigenvalue weighted by molar-refractivity contribution is 0.196. The number of hydrogen-bond acceptors (Lipinski definition) is 4. The zero-order valence-corrected chi connectivity index (χ0v) is 14.4. The third-order valence-corrected chi connectivity index (χ3v) is 4.69. The summed E-state index contributed by atoms with van der Waals surface area (Å²) in [5.41, 5.74) is 1.25. The smallest absolute Gasteiger partial charge is 0.148 e. The molecule has 0 bridgehead atoms. The zero-order chi connectivity index (χ0) is 15.9. The van der Waals surface area contributed by atoms with Crippen molar-refractivity contribution >= 4 is 9.84 Å². The average Bonchev–Trinajstić information content (AvgIpc) is 2.45. The van der Waals surface area contributed by atoms with E-state index in [0.717, 1.165) is 13.0 Å². The van der Waals surface area contributed by atoms with Gasteiger partial charge in [0.05, 0.1) is 5.75 Å². The van der Waals surface area contributed by atoms with E-state index in [1.54, 1.807) is 0 Å². The Bertz CT molecular complexity index is 502. The second-order valence-corrected chi connectivity index (χ2v) is 7.79. The highest BCUT2D eigenvalue weighted by Crippen LogP contribution is 2.22. The highest BCUT2D eigenvalue weighted by Gasteiger charge is 2.25. The van der Waals surface area contributed by atoms with Gasteiger partial charge in [-0.25, -0.2) is 8.42 Å². The molecule has 0 spiro atoms. The van der Waals surface area contributed by atoms with Gasteiger partial charge < -0.3 is 10.2 Å². The number of sulfone groups is 1. The van der Waals surface area contributed by atoms with Gasteiger partial charge in [0.25, 0.3) is 0 Å². The van der Waals surface area contributed by atoms with Crippen molar-refractivity contribution in [3.63, 3.8) is 0 Å². The summed E-state index contributed by atoms with van der Waals surface area (Å²) < 4.78 is 22.7. The standard InChI is InChI=1S/C16H28N2O2S/c1-5-15(18(3)12-13-21(4,19)20)16(17-6-2)14-10-8-7-9-11-14/h7-11,15-17H,5-6,12-13H2,1-4H3. The number of hydrogen-bond donors (Lipinski definition) is 1. The molecule has 5 heteroatoms. The van der Waals surface area contributed by atoms with Crippen LogP contribution in [0.2, 0.25) is 0 Å². The first kappa shape index (κ1) is 18.1. The maximum Gasteiger partial charge on any atom is 0.148 e. The average molecular weight is 312 g/mol. The SMILES string of the molecule is CCNC(c1ccccc1)C(CC)N(C)CCS(C)(=O)=O. The number of nitrogens with zero attached hydrogens (tertiary/aromatic N) is 1. The molecular formula is C16H28N2O2S. The summed E-state index contributed by atoms with van der Waals surface area (Å²) in [6.45, 7) is 5.69. The molecule has 4 nitrogen and oxygen atoms in total. The summed E-state index contributed by atoms with van der Waals surface area (Å²) in [4.78, 5) is 2.15. The van der Waals surface area contributed by atoms with Gasteiger partial charge in [0.2, 0.25) is 0 Å². The first-order valence-corrected chi connectivity index (χ1v) is 9.61. The molecule has 0 radical (unpaired) electrons. The van der Waals surface area contributed by atoms with Crippen LogP contribution in [0.1, 0.15) is 31.9 Å². The Labute approximate surface area is 129 Å². The number of likely N-dealkylation sites (N-methyl/N-ethyl adjacent to an activating group) is 2. The Kier molecular flexibility index (Phi) is 7.35. The predicted octanol–water partition coefficient (Wildman–Crippen LogP) is 2.09. The molecule has 1 aromatic carbocycles. The molecule has 0 fully saturated rings. The third kappa shape index (κ3) is 6.16. The first-order chi connectivity index (χ1) is 9.89. The van der Waals surface area contributed by atoms with Crippen LogP contribution in [-0.4, -0.2) is 51.5 Å². The minimum atomic E-state index is -2.93.